The quantitative estimate of drug-likeness (QED) is 0.804. The molecule has 5 nitrogen and oxygen atoms in total. The summed E-state index contributed by atoms with van der Waals surface area (Å²) in [5.41, 5.74) is 3.04. The highest BCUT2D eigenvalue weighted by atomic mass is 16.5. The van der Waals surface area contributed by atoms with Crippen molar-refractivity contribution in [3.05, 3.63) is 59.7 Å². The van der Waals surface area contributed by atoms with Gasteiger partial charge in [0.25, 0.3) is 0 Å². The molecular formula is C18H20N2O3. The van der Waals surface area contributed by atoms with Gasteiger partial charge in [-0.3, -0.25) is 4.79 Å². The predicted octanol–water partition coefficient (Wildman–Crippen LogP) is 3.09. The van der Waals surface area contributed by atoms with Crippen LogP contribution in [0.3, 0.4) is 0 Å². The SMILES string of the molecule is CCc1ccccc1NC(=O)CNc1cccc(C(=O)OC)c1. The van der Waals surface area contributed by atoms with Gasteiger partial charge in [-0.05, 0) is 36.2 Å². The monoisotopic (exact) mass is 312 g/mol. The van der Waals surface area contributed by atoms with Gasteiger partial charge in [-0.2, -0.15) is 0 Å². The molecule has 2 N–H and O–H groups in total. The second-order valence-electron chi connectivity index (χ2n) is 4.98. The van der Waals surface area contributed by atoms with E-state index in [0.29, 0.717) is 11.3 Å². The smallest absolute Gasteiger partial charge is 0.337 e. The summed E-state index contributed by atoms with van der Waals surface area (Å²) in [5.74, 6) is -0.552. The molecule has 23 heavy (non-hydrogen) atoms. The number of methoxy groups -OCH3 is 1. The average Bonchev–Trinajstić information content (AvgIpc) is 2.60. The summed E-state index contributed by atoms with van der Waals surface area (Å²) in [6, 6.07) is 14.6. The van der Waals surface area contributed by atoms with Crippen LogP contribution in [0.1, 0.15) is 22.8 Å². The van der Waals surface area contributed by atoms with Crippen molar-refractivity contribution >= 4 is 23.3 Å². The number of benzene rings is 2. The van der Waals surface area contributed by atoms with Crippen LogP contribution < -0.4 is 10.6 Å². The van der Waals surface area contributed by atoms with Crippen LogP contribution in [0.4, 0.5) is 11.4 Å². The van der Waals surface area contributed by atoms with E-state index in [9.17, 15) is 9.59 Å². The van der Waals surface area contributed by atoms with Crippen LogP contribution in [0.5, 0.6) is 0 Å². The van der Waals surface area contributed by atoms with Crippen LogP contribution >= 0.6 is 0 Å². The normalized spacial score (nSPS) is 10.0. The van der Waals surface area contributed by atoms with Gasteiger partial charge in [0, 0.05) is 11.4 Å². The van der Waals surface area contributed by atoms with Gasteiger partial charge in [0.15, 0.2) is 0 Å². The lowest BCUT2D eigenvalue weighted by atomic mass is 10.1. The van der Waals surface area contributed by atoms with Crippen LogP contribution in [0.15, 0.2) is 48.5 Å². The van der Waals surface area contributed by atoms with Gasteiger partial charge in [0.2, 0.25) is 5.91 Å². The zero-order valence-electron chi connectivity index (χ0n) is 13.3. The fraction of sp³-hybridized carbons (Fsp3) is 0.222. The molecular weight excluding hydrogens is 292 g/mol. The van der Waals surface area contributed by atoms with Crippen molar-refractivity contribution in [1.29, 1.82) is 0 Å². The molecule has 0 unspecified atom stereocenters. The Balaban J connectivity index is 1.95. The average molecular weight is 312 g/mol. The van der Waals surface area contributed by atoms with E-state index in [2.05, 4.69) is 15.4 Å². The fourth-order valence-corrected chi connectivity index (χ4v) is 2.20. The Morgan fingerprint density at radius 1 is 1.09 bits per heavy atom. The Hall–Kier alpha value is -2.82. The molecule has 0 fully saturated rings. The molecule has 2 aromatic carbocycles. The van der Waals surface area contributed by atoms with Crippen molar-refractivity contribution in [3.63, 3.8) is 0 Å². The minimum atomic E-state index is -0.407. The number of hydrogen-bond donors (Lipinski definition) is 2. The summed E-state index contributed by atoms with van der Waals surface area (Å²) in [6.45, 7) is 2.16. The number of carbonyl (C=O) groups is 2. The third-order valence-corrected chi connectivity index (χ3v) is 3.41. The summed E-state index contributed by atoms with van der Waals surface area (Å²) in [7, 11) is 1.33. The van der Waals surface area contributed by atoms with Gasteiger partial charge in [0.1, 0.15) is 0 Å². The van der Waals surface area contributed by atoms with E-state index in [1.807, 2.05) is 31.2 Å². The van der Waals surface area contributed by atoms with E-state index >= 15 is 0 Å². The number of hydrogen-bond acceptors (Lipinski definition) is 4. The highest BCUT2D eigenvalue weighted by Gasteiger charge is 2.08. The minimum absolute atomic E-state index is 0.114. The minimum Gasteiger partial charge on any atom is -0.465 e. The van der Waals surface area contributed by atoms with Crippen molar-refractivity contribution in [1.82, 2.24) is 0 Å². The first kappa shape index (κ1) is 16.5. The summed E-state index contributed by atoms with van der Waals surface area (Å²) < 4.78 is 4.68. The highest BCUT2D eigenvalue weighted by Crippen LogP contribution is 2.15. The number of amides is 1. The molecule has 2 rings (SSSR count). The first-order valence-electron chi connectivity index (χ1n) is 7.44. The number of nitrogens with one attached hydrogen (secondary N) is 2. The number of para-hydroxylation sites is 1. The Labute approximate surface area is 135 Å². The molecule has 0 aromatic heterocycles. The molecule has 120 valence electrons. The number of esters is 1. The van der Waals surface area contributed by atoms with Crippen molar-refractivity contribution in [3.8, 4) is 0 Å². The molecule has 0 saturated carbocycles. The Morgan fingerprint density at radius 3 is 2.61 bits per heavy atom. The molecule has 0 aliphatic carbocycles. The number of rotatable bonds is 6. The van der Waals surface area contributed by atoms with E-state index in [-0.39, 0.29) is 12.5 Å². The maximum Gasteiger partial charge on any atom is 0.337 e. The van der Waals surface area contributed by atoms with Crippen LogP contribution in [0, 0.1) is 0 Å². The van der Waals surface area contributed by atoms with Gasteiger partial charge in [-0.25, -0.2) is 4.79 Å². The van der Waals surface area contributed by atoms with Gasteiger partial charge in [-0.15, -0.1) is 0 Å². The number of carbonyl (C=O) groups excluding carboxylic acids is 2. The van der Waals surface area contributed by atoms with Crippen LogP contribution in [-0.2, 0) is 16.0 Å². The summed E-state index contributed by atoms with van der Waals surface area (Å²) in [6.07, 6.45) is 0.852. The second-order valence-corrected chi connectivity index (χ2v) is 4.98. The molecule has 0 atom stereocenters. The largest absolute Gasteiger partial charge is 0.465 e. The first-order chi connectivity index (χ1) is 11.1. The lowest BCUT2D eigenvalue weighted by molar-refractivity contribution is -0.114. The highest BCUT2D eigenvalue weighted by molar-refractivity contribution is 5.95. The van der Waals surface area contributed by atoms with Gasteiger partial charge in [0.05, 0.1) is 19.2 Å². The molecule has 0 spiro atoms. The van der Waals surface area contributed by atoms with Gasteiger partial charge >= 0.3 is 5.97 Å². The van der Waals surface area contributed by atoms with E-state index in [1.165, 1.54) is 7.11 Å². The molecule has 0 bridgehead atoms. The second kappa shape index (κ2) is 7.98. The van der Waals surface area contributed by atoms with Crippen molar-refractivity contribution < 1.29 is 14.3 Å². The maximum absolute atomic E-state index is 12.1. The van der Waals surface area contributed by atoms with E-state index in [0.717, 1.165) is 17.7 Å². The van der Waals surface area contributed by atoms with Crippen molar-refractivity contribution in [2.45, 2.75) is 13.3 Å². The number of anilines is 2. The standard InChI is InChI=1S/C18H20N2O3/c1-3-13-7-4-5-10-16(13)20-17(21)12-19-15-9-6-8-14(11-15)18(22)23-2/h4-11,19H,3,12H2,1-2H3,(H,20,21). The van der Waals surface area contributed by atoms with Crippen LogP contribution in [0.2, 0.25) is 0 Å². The molecule has 1 amide bonds. The number of aryl methyl sites for hydroxylation is 1. The predicted molar refractivity (Wildman–Crippen MR) is 90.7 cm³/mol. The summed E-state index contributed by atoms with van der Waals surface area (Å²) >= 11 is 0. The lowest BCUT2D eigenvalue weighted by Gasteiger charge is -2.11. The van der Waals surface area contributed by atoms with Crippen molar-refractivity contribution in [2.24, 2.45) is 0 Å². The third-order valence-electron chi connectivity index (χ3n) is 3.41. The molecule has 0 aliphatic heterocycles. The summed E-state index contributed by atoms with van der Waals surface area (Å²) in [4.78, 5) is 23.5. The van der Waals surface area contributed by atoms with Gasteiger partial charge in [-0.1, -0.05) is 31.2 Å². The number of ether oxygens (including phenoxy) is 1. The van der Waals surface area contributed by atoms with Gasteiger partial charge < -0.3 is 15.4 Å². The Kier molecular flexibility index (Phi) is 5.74. The third kappa shape index (κ3) is 4.57. The van der Waals surface area contributed by atoms with E-state index in [4.69, 9.17) is 0 Å². The summed E-state index contributed by atoms with van der Waals surface area (Å²) in [5, 5.41) is 5.89. The Bertz CT molecular complexity index is 698. The maximum atomic E-state index is 12.1. The zero-order valence-corrected chi connectivity index (χ0v) is 13.3. The van der Waals surface area contributed by atoms with Crippen LogP contribution in [-0.4, -0.2) is 25.5 Å². The zero-order chi connectivity index (χ0) is 16.7. The lowest BCUT2D eigenvalue weighted by Crippen LogP contribution is -2.22. The molecule has 0 heterocycles. The molecule has 2 aromatic rings. The molecule has 0 saturated heterocycles. The molecule has 0 radical (unpaired) electrons. The van der Waals surface area contributed by atoms with Crippen LogP contribution in [0.25, 0.3) is 0 Å². The topological polar surface area (TPSA) is 67.4 Å². The first-order valence-corrected chi connectivity index (χ1v) is 7.44. The van der Waals surface area contributed by atoms with E-state index < -0.39 is 5.97 Å². The Morgan fingerprint density at radius 2 is 1.87 bits per heavy atom. The van der Waals surface area contributed by atoms with Crippen molar-refractivity contribution in [2.75, 3.05) is 24.3 Å². The molecule has 0 aliphatic rings. The fourth-order valence-electron chi connectivity index (χ4n) is 2.20. The van der Waals surface area contributed by atoms with E-state index in [1.54, 1.807) is 24.3 Å². The molecule has 5 heteroatoms.